The molecule has 8 heavy (non-hydrogen) atoms. The Labute approximate surface area is 57.3 Å². The van der Waals surface area contributed by atoms with Crippen LogP contribution in [-0.4, -0.2) is 12.4 Å². The van der Waals surface area contributed by atoms with Gasteiger partial charge in [0.25, 0.3) is 0 Å². The molecule has 0 aromatic carbocycles. The summed E-state index contributed by atoms with van der Waals surface area (Å²) < 4.78 is 0. The quantitative estimate of drug-likeness (QED) is 0.430. The standard InChI is InChI=1S/C6H15NS/c1-6(2,3)4-7-5-8/h7-8H,4-5H2,1-3H3. The van der Waals surface area contributed by atoms with Crippen LogP contribution in [-0.2, 0) is 0 Å². The fourth-order valence-electron chi connectivity index (χ4n) is 0.431. The lowest BCUT2D eigenvalue weighted by molar-refractivity contribution is 0.393. The molecule has 0 heterocycles. The number of rotatable bonds is 2. The van der Waals surface area contributed by atoms with E-state index >= 15 is 0 Å². The minimum absolute atomic E-state index is 0.392. The summed E-state index contributed by atoms with van der Waals surface area (Å²) in [4.78, 5) is 0. The number of hydrogen-bond donors (Lipinski definition) is 2. The summed E-state index contributed by atoms with van der Waals surface area (Å²) in [6, 6.07) is 0. The van der Waals surface area contributed by atoms with Crippen LogP contribution in [0.1, 0.15) is 20.8 Å². The van der Waals surface area contributed by atoms with Crippen molar-refractivity contribution in [2.75, 3.05) is 12.4 Å². The zero-order valence-corrected chi connectivity index (χ0v) is 6.76. The summed E-state index contributed by atoms with van der Waals surface area (Å²) >= 11 is 4.02. The van der Waals surface area contributed by atoms with Crippen molar-refractivity contribution in [3.63, 3.8) is 0 Å². The molecule has 0 bridgehead atoms. The molecule has 0 fully saturated rings. The van der Waals surface area contributed by atoms with Crippen LogP contribution >= 0.6 is 12.6 Å². The van der Waals surface area contributed by atoms with E-state index in [1.165, 1.54) is 0 Å². The Morgan fingerprint density at radius 1 is 1.38 bits per heavy atom. The molecule has 1 nitrogen and oxygen atoms in total. The molecule has 2 heteroatoms. The van der Waals surface area contributed by atoms with Gasteiger partial charge in [0.1, 0.15) is 0 Å². The van der Waals surface area contributed by atoms with Crippen LogP contribution in [0.15, 0.2) is 0 Å². The normalized spacial score (nSPS) is 12.0. The molecule has 0 rings (SSSR count). The average Bonchev–Trinajstić information content (AvgIpc) is 1.59. The molecule has 0 aliphatic heterocycles. The van der Waals surface area contributed by atoms with Crippen molar-refractivity contribution in [3.8, 4) is 0 Å². The van der Waals surface area contributed by atoms with Crippen LogP contribution in [0.25, 0.3) is 0 Å². The summed E-state index contributed by atoms with van der Waals surface area (Å²) in [7, 11) is 0. The predicted molar refractivity (Wildman–Crippen MR) is 41.3 cm³/mol. The minimum atomic E-state index is 0.392. The molecule has 0 aliphatic carbocycles. The van der Waals surface area contributed by atoms with E-state index in [-0.39, 0.29) is 0 Å². The second-order valence-electron chi connectivity index (χ2n) is 3.15. The first-order chi connectivity index (χ1) is 3.56. The van der Waals surface area contributed by atoms with E-state index < -0.39 is 0 Å². The van der Waals surface area contributed by atoms with Crippen LogP contribution in [0.3, 0.4) is 0 Å². The Morgan fingerprint density at radius 2 is 1.88 bits per heavy atom. The third kappa shape index (κ3) is 6.31. The molecular formula is C6H15NS. The maximum Gasteiger partial charge on any atom is 0.0387 e. The van der Waals surface area contributed by atoms with Gasteiger partial charge in [0, 0.05) is 12.4 Å². The first-order valence-electron chi connectivity index (χ1n) is 2.88. The molecule has 0 amide bonds. The molecule has 0 aromatic rings. The van der Waals surface area contributed by atoms with Crippen molar-refractivity contribution in [1.29, 1.82) is 0 Å². The second-order valence-corrected chi connectivity index (χ2v) is 3.46. The highest BCUT2D eigenvalue weighted by molar-refractivity contribution is 7.80. The largest absolute Gasteiger partial charge is 0.308 e. The Balaban J connectivity index is 3.11. The SMILES string of the molecule is CC(C)(C)CNCS. The number of hydrogen-bond acceptors (Lipinski definition) is 2. The maximum atomic E-state index is 4.02. The molecule has 0 saturated heterocycles. The molecule has 0 unspecified atom stereocenters. The first-order valence-corrected chi connectivity index (χ1v) is 3.51. The summed E-state index contributed by atoms with van der Waals surface area (Å²) in [6.07, 6.45) is 0. The van der Waals surface area contributed by atoms with E-state index in [9.17, 15) is 0 Å². The molecule has 0 radical (unpaired) electrons. The van der Waals surface area contributed by atoms with E-state index in [1.54, 1.807) is 0 Å². The fraction of sp³-hybridized carbons (Fsp3) is 1.00. The Kier molecular flexibility index (Phi) is 3.49. The van der Waals surface area contributed by atoms with Gasteiger partial charge in [-0.2, -0.15) is 12.6 Å². The molecule has 0 atom stereocenters. The fourth-order valence-corrected chi connectivity index (χ4v) is 0.543. The van der Waals surface area contributed by atoms with Crippen LogP contribution in [0.5, 0.6) is 0 Å². The van der Waals surface area contributed by atoms with Gasteiger partial charge in [0.05, 0.1) is 0 Å². The molecule has 50 valence electrons. The van der Waals surface area contributed by atoms with Crippen molar-refractivity contribution >= 4 is 12.6 Å². The highest BCUT2D eigenvalue weighted by atomic mass is 32.1. The molecule has 0 aliphatic rings. The van der Waals surface area contributed by atoms with Crippen LogP contribution < -0.4 is 5.32 Å². The lowest BCUT2D eigenvalue weighted by atomic mass is 9.97. The van der Waals surface area contributed by atoms with Gasteiger partial charge in [0.2, 0.25) is 0 Å². The number of nitrogens with one attached hydrogen (secondary N) is 1. The van der Waals surface area contributed by atoms with E-state index in [0.29, 0.717) is 5.41 Å². The molecule has 0 saturated carbocycles. The van der Waals surface area contributed by atoms with Gasteiger partial charge >= 0.3 is 0 Å². The van der Waals surface area contributed by atoms with Gasteiger partial charge < -0.3 is 5.32 Å². The third-order valence-electron chi connectivity index (χ3n) is 0.767. The highest BCUT2D eigenvalue weighted by Crippen LogP contribution is 2.09. The van der Waals surface area contributed by atoms with E-state index in [2.05, 4.69) is 38.7 Å². The topological polar surface area (TPSA) is 12.0 Å². The first kappa shape index (κ1) is 8.31. The van der Waals surface area contributed by atoms with E-state index in [0.717, 1.165) is 12.4 Å². The van der Waals surface area contributed by atoms with Crippen molar-refractivity contribution in [3.05, 3.63) is 0 Å². The molecular weight excluding hydrogens is 118 g/mol. The molecule has 1 N–H and O–H groups in total. The number of thiol groups is 1. The summed E-state index contributed by atoms with van der Waals surface area (Å²) in [5.74, 6) is 0.775. The van der Waals surface area contributed by atoms with Gasteiger partial charge in [-0.15, -0.1) is 0 Å². The van der Waals surface area contributed by atoms with Crippen molar-refractivity contribution < 1.29 is 0 Å². The Bertz CT molecular complexity index is 56.0. The monoisotopic (exact) mass is 133 g/mol. The predicted octanol–water partition coefficient (Wildman–Crippen LogP) is 1.51. The Morgan fingerprint density at radius 3 is 2.00 bits per heavy atom. The van der Waals surface area contributed by atoms with E-state index in [1.807, 2.05) is 0 Å². The van der Waals surface area contributed by atoms with Crippen LogP contribution in [0.2, 0.25) is 0 Å². The van der Waals surface area contributed by atoms with Gasteiger partial charge in [-0.1, -0.05) is 20.8 Å². The summed E-state index contributed by atoms with van der Waals surface area (Å²) in [6.45, 7) is 7.63. The van der Waals surface area contributed by atoms with Gasteiger partial charge in [-0.3, -0.25) is 0 Å². The van der Waals surface area contributed by atoms with Gasteiger partial charge in [-0.25, -0.2) is 0 Å². The maximum absolute atomic E-state index is 4.02. The average molecular weight is 133 g/mol. The zero-order valence-electron chi connectivity index (χ0n) is 5.86. The Hall–Kier alpha value is 0.310. The van der Waals surface area contributed by atoms with Crippen LogP contribution in [0, 0.1) is 5.41 Å². The zero-order chi connectivity index (χ0) is 6.62. The van der Waals surface area contributed by atoms with Crippen molar-refractivity contribution in [2.24, 2.45) is 5.41 Å². The smallest absolute Gasteiger partial charge is 0.0387 e. The minimum Gasteiger partial charge on any atom is -0.308 e. The second kappa shape index (κ2) is 3.36. The lowest BCUT2D eigenvalue weighted by Crippen LogP contribution is -2.25. The summed E-state index contributed by atoms with van der Waals surface area (Å²) in [5, 5.41) is 3.15. The van der Waals surface area contributed by atoms with Gasteiger partial charge in [0.15, 0.2) is 0 Å². The van der Waals surface area contributed by atoms with Crippen molar-refractivity contribution in [1.82, 2.24) is 5.32 Å². The summed E-state index contributed by atoms with van der Waals surface area (Å²) in [5.41, 5.74) is 0.392. The van der Waals surface area contributed by atoms with Gasteiger partial charge in [-0.05, 0) is 5.41 Å². The lowest BCUT2D eigenvalue weighted by Gasteiger charge is -2.17. The molecule has 0 aromatic heterocycles. The third-order valence-corrected chi connectivity index (χ3v) is 0.991. The van der Waals surface area contributed by atoms with Crippen LogP contribution in [0.4, 0.5) is 0 Å². The molecule has 0 spiro atoms. The van der Waals surface area contributed by atoms with Crippen molar-refractivity contribution in [2.45, 2.75) is 20.8 Å². The highest BCUT2D eigenvalue weighted by Gasteiger charge is 2.07. The van der Waals surface area contributed by atoms with E-state index in [4.69, 9.17) is 0 Å².